The first-order chi connectivity index (χ1) is 8.28. The summed E-state index contributed by atoms with van der Waals surface area (Å²) in [6, 6.07) is 0.0493. The molecule has 2 N–H and O–H groups in total. The van der Waals surface area contributed by atoms with Crippen LogP contribution in [0.25, 0.3) is 0 Å². The molecule has 0 aliphatic rings. The zero-order valence-corrected chi connectivity index (χ0v) is 10.1. The Morgan fingerprint density at radius 2 is 2.06 bits per heavy atom. The molecule has 8 heteroatoms. The zero-order valence-electron chi connectivity index (χ0n) is 10.1. The fourth-order valence-corrected chi connectivity index (χ4v) is 1.19. The van der Waals surface area contributed by atoms with Crippen LogP contribution in [0, 0.1) is 0 Å². The summed E-state index contributed by atoms with van der Waals surface area (Å²) in [6.45, 7) is 2.52. The zero-order chi connectivity index (χ0) is 13.8. The molecule has 1 rings (SSSR count). The van der Waals surface area contributed by atoms with Crippen molar-refractivity contribution >= 4 is 5.82 Å². The summed E-state index contributed by atoms with van der Waals surface area (Å²) >= 11 is 0. The van der Waals surface area contributed by atoms with Crippen molar-refractivity contribution < 1.29 is 17.9 Å². The maximum atomic E-state index is 11.9. The molecule has 0 fully saturated rings. The highest BCUT2D eigenvalue weighted by Crippen LogP contribution is 2.20. The minimum absolute atomic E-state index is 0.0493. The van der Waals surface area contributed by atoms with Gasteiger partial charge in [0.2, 0.25) is 5.88 Å². The Kier molecular flexibility index (Phi) is 4.71. The molecule has 102 valence electrons. The van der Waals surface area contributed by atoms with Crippen molar-refractivity contribution in [3.05, 3.63) is 12.4 Å². The number of halogens is 3. The third-order valence-corrected chi connectivity index (χ3v) is 2.15. The van der Waals surface area contributed by atoms with Crippen LogP contribution >= 0.6 is 0 Å². The van der Waals surface area contributed by atoms with Gasteiger partial charge in [-0.25, -0.2) is 9.97 Å². The van der Waals surface area contributed by atoms with E-state index in [4.69, 9.17) is 5.73 Å². The molecular formula is C10H15F3N4O. The van der Waals surface area contributed by atoms with E-state index < -0.39 is 12.2 Å². The molecule has 0 bridgehead atoms. The number of rotatable bonds is 5. The van der Waals surface area contributed by atoms with Crippen LogP contribution in [0.1, 0.15) is 13.3 Å². The second kappa shape index (κ2) is 5.85. The molecule has 0 radical (unpaired) electrons. The van der Waals surface area contributed by atoms with E-state index in [-0.39, 0.29) is 6.04 Å². The van der Waals surface area contributed by atoms with Crippen LogP contribution in [-0.4, -0.2) is 36.0 Å². The first-order valence-electron chi connectivity index (χ1n) is 5.32. The van der Waals surface area contributed by atoms with Crippen LogP contribution in [0.2, 0.25) is 0 Å². The number of ether oxygens (including phenoxy) is 1. The third-order valence-electron chi connectivity index (χ3n) is 2.15. The van der Waals surface area contributed by atoms with Gasteiger partial charge in [-0.2, -0.15) is 0 Å². The first kappa shape index (κ1) is 14.5. The SMILES string of the molecule is CC(N)CCN(C)c1cnc(OC(F)(F)F)cn1. The van der Waals surface area contributed by atoms with E-state index in [1.54, 1.807) is 11.9 Å². The summed E-state index contributed by atoms with van der Waals surface area (Å²) < 4.78 is 39.3. The minimum Gasteiger partial charge on any atom is -0.386 e. The Bertz CT molecular complexity index is 366. The van der Waals surface area contributed by atoms with Gasteiger partial charge in [0, 0.05) is 19.6 Å². The van der Waals surface area contributed by atoms with Gasteiger partial charge in [0.05, 0.1) is 12.4 Å². The van der Waals surface area contributed by atoms with Gasteiger partial charge >= 0.3 is 6.36 Å². The molecular weight excluding hydrogens is 249 g/mol. The summed E-state index contributed by atoms with van der Waals surface area (Å²) in [7, 11) is 1.76. The quantitative estimate of drug-likeness (QED) is 0.874. The predicted octanol–water partition coefficient (Wildman–Crippen LogP) is 1.55. The number of anilines is 1. The van der Waals surface area contributed by atoms with E-state index in [1.165, 1.54) is 6.20 Å². The highest BCUT2D eigenvalue weighted by atomic mass is 19.4. The molecule has 1 unspecified atom stereocenters. The number of hydrogen-bond acceptors (Lipinski definition) is 5. The van der Waals surface area contributed by atoms with Gasteiger partial charge in [0.1, 0.15) is 5.82 Å². The second-order valence-electron chi connectivity index (χ2n) is 3.95. The van der Waals surface area contributed by atoms with Crippen LogP contribution in [0.5, 0.6) is 5.88 Å². The van der Waals surface area contributed by atoms with Crippen LogP contribution in [0.3, 0.4) is 0 Å². The van der Waals surface area contributed by atoms with Gasteiger partial charge < -0.3 is 15.4 Å². The third kappa shape index (κ3) is 5.17. The van der Waals surface area contributed by atoms with Gasteiger partial charge in [-0.1, -0.05) is 0 Å². The Balaban J connectivity index is 2.59. The van der Waals surface area contributed by atoms with Crippen molar-refractivity contribution in [3.63, 3.8) is 0 Å². The normalized spacial score (nSPS) is 13.2. The molecule has 0 amide bonds. The Labute approximate surface area is 103 Å². The largest absolute Gasteiger partial charge is 0.574 e. The smallest absolute Gasteiger partial charge is 0.386 e. The predicted molar refractivity (Wildman–Crippen MR) is 60.3 cm³/mol. The van der Waals surface area contributed by atoms with Crippen molar-refractivity contribution in [1.29, 1.82) is 0 Å². The summed E-state index contributed by atoms with van der Waals surface area (Å²) in [5, 5.41) is 0. The lowest BCUT2D eigenvalue weighted by molar-refractivity contribution is -0.276. The molecule has 5 nitrogen and oxygen atoms in total. The van der Waals surface area contributed by atoms with Crippen LogP contribution < -0.4 is 15.4 Å². The fraction of sp³-hybridized carbons (Fsp3) is 0.600. The Morgan fingerprint density at radius 1 is 1.39 bits per heavy atom. The van der Waals surface area contributed by atoms with Gasteiger partial charge in [-0.05, 0) is 13.3 Å². The molecule has 0 aliphatic heterocycles. The standard InChI is InChI=1S/C10H15F3N4O/c1-7(14)3-4-17(2)8-5-16-9(6-15-8)18-10(11,12)13/h5-7H,3-4,14H2,1-2H3. The molecule has 18 heavy (non-hydrogen) atoms. The molecule has 1 atom stereocenters. The Hall–Kier alpha value is -1.57. The van der Waals surface area contributed by atoms with E-state index in [0.717, 1.165) is 12.6 Å². The molecule has 0 aliphatic carbocycles. The van der Waals surface area contributed by atoms with Crippen molar-refractivity contribution in [2.24, 2.45) is 5.73 Å². The number of nitrogens with two attached hydrogens (primary N) is 1. The average Bonchev–Trinajstić information content (AvgIpc) is 2.24. The summed E-state index contributed by atoms with van der Waals surface area (Å²) in [4.78, 5) is 9.13. The maximum Gasteiger partial charge on any atom is 0.574 e. The molecule has 0 aromatic carbocycles. The van der Waals surface area contributed by atoms with Crippen LogP contribution in [-0.2, 0) is 0 Å². The summed E-state index contributed by atoms with van der Waals surface area (Å²) in [5.41, 5.74) is 5.60. The monoisotopic (exact) mass is 264 g/mol. The molecule has 1 heterocycles. The number of nitrogens with zero attached hydrogens (tertiary/aromatic N) is 3. The lowest BCUT2D eigenvalue weighted by Crippen LogP contribution is -2.26. The van der Waals surface area contributed by atoms with Gasteiger partial charge in [0.15, 0.2) is 0 Å². The average molecular weight is 264 g/mol. The minimum atomic E-state index is -4.75. The van der Waals surface area contributed by atoms with Crippen molar-refractivity contribution in [1.82, 2.24) is 9.97 Å². The highest BCUT2D eigenvalue weighted by Gasteiger charge is 2.31. The molecule has 0 spiro atoms. The lowest BCUT2D eigenvalue weighted by atomic mass is 10.2. The fourth-order valence-electron chi connectivity index (χ4n) is 1.19. The molecule has 1 aromatic heterocycles. The van der Waals surface area contributed by atoms with Gasteiger partial charge in [-0.3, -0.25) is 0 Å². The number of alkyl halides is 3. The van der Waals surface area contributed by atoms with Crippen molar-refractivity contribution in [3.8, 4) is 5.88 Å². The van der Waals surface area contributed by atoms with Crippen LogP contribution in [0.15, 0.2) is 12.4 Å². The van der Waals surface area contributed by atoms with Crippen molar-refractivity contribution in [2.45, 2.75) is 25.7 Å². The van der Waals surface area contributed by atoms with E-state index in [1.807, 2.05) is 6.92 Å². The van der Waals surface area contributed by atoms with Gasteiger partial charge in [-0.15, -0.1) is 13.2 Å². The Morgan fingerprint density at radius 3 is 2.50 bits per heavy atom. The van der Waals surface area contributed by atoms with Crippen molar-refractivity contribution in [2.75, 3.05) is 18.5 Å². The number of hydrogen-bond donors (Lipinski definition) is 1. The second-order valence-corrected chi connectivity index (χ2v) is 3.95. The summed E-state index contributed by atoms with van der Waals surface area (Å²) in [6.07, 6.45) is -1.84. The van der Waals surface area contributed by atoms with E-state index >= 15 is 0 Å². The molecule has 0 saturated carbocycles. The van der Waals surface area contributed by atoms with E-state index in [2.05, 4.69) is 14.7 Å². The van der Waals surface area contributed by atoms with E-state index in [9.17, 15) is 13.2 Å². The lowest BCUT2D eigenvalue weighted by Gasteiger charge is -2.18. The summed E-state index contributed by atoms with van der Waals surface area (Å²) in [5.74, 6) is -0.114. The first-order valence-corrected chi connectivity index (χ1v) is 5.32. The highest BCUT2D eigenvalue weighted by molar-refractivity contribution is 5.35. The molecule has 0 saturated heterocycles. The van der Waals surface area contributed by atoms with Crippen LogP contribution in [0.4, 0.5) is 19.0 Å². The number of aromatic nitrogens is 2. The maximum absolute atomic E-state index is 11.9. The van der Waals surface area contributed by atoms with E-state index in [0.29, 0.717) is 12.4 Å². The van der Waals surface area contributed by atoms with Gasteiger partial charge in [0.25, 0.3) is 0 Å². The molecule has 1 aromatic rings. The topological polar surface area (TPSA) is 64.3 Å².